The summed E-state index contributed by atoms with van der Waals surface area (Å²) in [6, 6.07) is 18.1. The molecule has 2 aromatic heterocycles. The van der Waals surface area contributed by atoms with Crippen LogP contribution in [0.5, 0.6) is 0 Å². The third-order valence-corrected chi connectivity index (χ3v) is 4.90. The number of anilines is 1. The van der Waals surface area contributed by atoms with Crippen molar-refractivity contribution in [1.82, 2.24) is 15.0 Å². The van der Waals surface area contributed by atoms with Crippen molar-refractivity contribution < 1.29 is 13.2 Å². The highest BCUT2D eigenvalue weighted by atomic mass is 19.1. The first-order chi connectivity index (χ1) is 15.1. The van der Waals surface area contributed by atoms with Crippen LogP contribution in [0, 0.1) is 11.6 Å². The van der Waals surface area contributed by atoms with E-state index in [4.69, 9.17) is 14.4 Å². The second kappa shape index (κ2) is 7.60. The molecule has 3 aromatic carbocycles. The summed E-state index contributed by atoms with van der Waals surface area (Å²) in [7, 11) is 1.73. The van der Waals surface area contributed by atoms with Gasteiger partial charge in [-0.15, -0.1) is 0 Å². The van der Waals surface area contributed by atoms with Crippen LogP contribution in [-0.4, -0.2) is 22.0 Å². The van der Waals surface area contributed by atoms with Gasteiger partial charge in [-0.1, -0.05) is 0 Å². The van der Waals surface area contributed by atoms with Crippen LogP contribution in [0.15, 0.2) is 77.3 Å². The van der Waals surface area contributed by atoms with E-state index in [1.165, 1.54) is 24.3 Å². The number of fused-ring (bicyclic) bond motifs is 1. The zero-order valence-corrected chi connectivity index (χ0v) is 16.4. The summed E-state index contributed by atoms with van der Waals surface area (Å²) < 4.78 is 32.6. The lowest BCUT2D eigenvalue weighted by atomic mass is 10.0. The van der Waals surface area contributed by atoms with Crippen LogP contribution in [0.1, 0.15) is 0 Å². The molecule has 0 radical (unpaired) electrons. The SMILES string of the molecule is CNc1ncc(-c2ccc3nc(-c4ccc(F)cc4)c(-c4ccc(F)cc4)nc3c2)o1. The average molecular weight is 414 g/mol. The third-order valence-electron chi connectivity index (χ3n) is 4.90. The van der Waals surface area contributed by atoms with Gasteiger partial charge in [0.15, 0.2) is 5.76 Å². The Hall–Kier alpha value is -4.13. The minimum absolute atomic E-state index is 0.335. The van der Waals surface area contributed by atoms with Crippen LogP contribution in [0.2, 0.25) is 0 Å². The molecule has 31 heavy (non-hydrogen) atoms. The molecule has 0 aliphatic rings. The number of oxazole rings is 1. The van der Waals surface area contributed by atoms with Gasteiger partial charge in [0.2, 0.25) is 0 Å². The molecule has 5 nitrogen and oxygen atoms in total. The number of hydrogen-bond donors (Lipinski definition) is 1. The largest absolute Gasteiger partial charge is 0.424 e. The monoisotopic (exact) mass is 414 g/mol. The second-order valence-electron chi connectivity index (χ2n) is 6.92. The zero-order valence-electron chi connectivity index (χ0n) is 16.4. The van der Waals surface area contributed by atoms with Gasteiger partial charge >= 0.3 is 0 Å². The fourth-order valence-electron chi connectivity index (χ4n) is 3.35. The first kappa shape index (κ1) is 18.9. The molecule has 0 unspecified atom stereocenters. The Morgan fingerprint density at radius 1 is 0.710 bits per heavy atom. The van der Waals surface area contributed by atoms with Crippen LogP contribution in [-0.2, 0) is 0 Å². The summed E-state index contributed by atoms with van der Waals surface area (Å²) in [5, 5.41) is 2.86. The molecule has 2 heterocycles. The lowest BCUT2D eigenvalue weighted by Gasteiger charge is -2.11. The van der Waals surface area contributed by atoms with E-state index in [9.17, 15) is 8.78 Å². The number of benzene rings is 3. The van der Waals surface area contributed by atoms with Crippen molar-refractivity contribution in [3.8, 4) is 33.8 Å². The van der Waals surface area contributed by atoms with Gasteiger partial charge in [0.1, 0.15) is 11.6 Å². The van der Waals surface area contributed by atoms with Crippen molar-refractivity contribution in [2.75, 3.05) is 12.4 Å². The highest BCUT2D eigenvalue weighted by molar-refractivity contribution is 5.88. The fraction of sp³-hybridized carbons (Fsp3) is 0.0417. The van der Waals surface area contributed by atoms with Gasteiger partial charge in [-0.3, -0.25) is 0 Å². The summed E-state index contributed by atoms with van der Waals surface area (Å²) in [4.78, 5) is 13.8. The lowest BCUT2D eigenvalue weighted by Crippen LogP contribution is -1.96. The number of hydrogen-bond acceptors (Lipinski definition) is 5. The molecule has 5 aromatic rings. The molecule has 152 valence electrons. The Morgan fingerprint density at radius 2 is 1.26 bits per heavy atom. The molecule has 1 N–H and O–H groups in total. The van der Waals surface area contributed by atoms with Gasteiger partial charge in [0, 0.05) is 23.7 Å². The zero-order chi connectivity index (χ0) is 21.4. The molecule has 0 aliphatic heterocycles. The summed E-state index contributed by atoms with van der Waals surface area (Å²) in [5.41, 5.74) is 4.70. The van der Waals surface area contributed by atoms with E-state index >= 15 is 0 Å². The van der Waals surface area contributed by atoms with Gasteiger partial charge in [-0.2, -0.15) is 0 Å². The maximum absolute atomic E-state index is 13.5. The molecule has 0 bridgehead atoms. The quantitative estimate of drug-likeness (QED) is 0.394. The summed E-state index contributed by atoms with van der Waals surface area (Å²) in [5.74, 6) is -0.0776. The Bertz CT molecular complexity index is 1380. The lowest BCUT2D eigenvalue weighted by molar-refractivity contribution is 0.590. The Labute approximate surface area is 176 Å². The first-order valence-corrected chi connectivity index (χ1v) is 9.58. The van der Waals surface area contributed by atoms with E-state index in [1.807, 2.05) is 18.2 Å². The Balaban J connectivity index is 1.71. The number of nitrogens with one attached hydrogen (secondary N) is 1. The maximum Gasteiger partial charge on any atom is 0.294 e. The van der Waals surface area contributed by atoms with E-state index in [2.05, 4.69) is 10.3 Å². The molecule has 5 rings (SSSR count). The smallest absolute Gasteiger partial charge is 0.294 e. The van der Waals surface area contributed by atoms with Gasteiger partial charge < -0.3 is 9.73 Å². The van der Waals surface area contributed by atoms with Crippen molar-refractivity contribution in [3.63, 3.8) is 0 Å². The van der Waals surface area contributed by atoms with E-state index in [-0.39, 0.29) is 11.6 Å². The van der Waals surface area contributed by atoms with Crippen LogP contribution in [0.3, 0.4) is 0 Å². The van der Waals surface area contributed by atoms with Crippen LogP contribution in [0.4, 0.5) is 14.8 Å². The van der Waals surface area contributed by atoms with Gasteiger partial charge in [0.25, 0.3) is 6.01 Å². The highest BCUT2D eigenvalue weighted by Gasteiger charge is 2.15. The number of rotatable bonds is 4. The fourth-order valence-corrected chi connectivity index (χ4v) is 3.35. The minimum atomic E-state index is -0.339. The topological polar surface area (TPSA) is 63.8 Å². The third kappa shape index (κ3) is 3.61. The van der Waals surface area contributed by atoms with Crippen molar-refractivity contribution in [1.29, 1.82) is 0 Å². The maximum atomic E-state index is 13.5. The first-order valence-electron chi connectivity index (χ1n) is 9.58. The molecular formula is C24H16F2N4O. The van der Waals surface area contributed by atoms with E-state index in [0.29, 0.717) is 45.3 Å². The van der Waals surface area contributed by atoms with Gasteiger partial charge in [-0.05, 0) is 66.7 Å². The standard InChI is InChI=1S/C24H16F2N4O/c1-27-24-28-13-21(31-24)16-6-11-19-20(12-16)30-23(15-4-9-18(26)10-5-15)22(29-19)14-2-7-17(25)8-3-14/h2-13H,1H3,(H,27,28). The summed E-state index contributed by atoms with van der Waals surface area (Å²) in [6.45, 7) is 0. The molecule has 0 fully saturated rings. The number of aromatic nitrogens is 3. The van der Waals surface area contributed by atoms with Gasteiger partial charge in [0.05, 0.1) is 28.6 Å². The Kier molecular flexibility index (Phi) is 4.63. The molecule has 0 saturated carbocycles. The molecule has 7 heteroatoms. The molecule has 0 aliphatic carbocycles. The van der Waals surface area contributed by atoms with Crippen LogP contribution >= 0.6 is 0 Å². The molecule has 0 atom stereocenters. The predicted octanol–water partition coefficient (Wildman–Crippen LogP) is 5.94. The van der Waals surface area contributed by atoms with Gasteiger partial charge in [-0.25, -0.2) is 23.7 Å². The molecule has 0 saturated heterocycles. The van der Waals surface area contributed by atoms with Crippen LogP contribution in [0.25, 0.3) is 44.9 Å². The predicted molar refractivity (Wildman–Crippen MR) is 115 cm³/mol. The number of nitrogens with zero attached hydrogens (tertiary/aromatic N) is 3. The minimum Gasteiger partial charge on any atom is -0.424 e. The number of halogens is 2. The van der Waals surface area contributed by atoms with Crippen molar-refractivity contribution in [2.45, 2.75) is 0 Å². The highest BCUT2D eigenvalue weighted by Crippen LogP contribution is 2.33. The summed E-state index contributed by atoms with van der Waals surface area (Å²) >= 11 is 0. The van der Waals surface area contributed by atoms with Crippen molar-refractivity contribution >= 4 is 17.0 Å². The average Bonchev–Trinajstić information content (AvgIpc) is 3.28. The summed E-state index contributed by atoms with van der Waals surface area (Å²) in [6.07, 6.45) is 1.63. The van der Waals surface area contributed by atoms with Crippen molar-refractivity contribution in [3.05, 3.63) is 84.6 Å². The van der Waals surface area contributed by atoms with Crippen molar-refractivity contribution in [2.24, 2.45) is 0 Å². The molecule has 0 spiro atoms. The molecular weight excluding hydrogens is 398 g/mol. The normalized spacial score (nSPS) is 11.1. The van der Waals surface area contributed by atoms with E-state index < -0.39 is 0 Å². The Morgan fingerprint density at radius 3 is 1.81 bits per heavy atom. The van der Waals surface area contributed by atoms with E-state index in [0.717, 1.165) is 5.56 Å². The molecule has 0 amide bonds. The van der Waals surface area contributed by atoms with E-state index in [1.54, 1.807) is 37.5 Å². The van der Waals surface area contributed by atoms with Crippen LogP contribution < -0.4 is 5.32 Å². The second-order valence-corrected chi connectivity index (χ2v) is 6.92.